The van der Waals surface area contributed by atoms with Gasteiger partial charge in [0.15, 0.2) is 0 Å². The van der Waals surface area contributed by atoms with E-state index in [9.17, 15) is 9.59 Å². The number of aldehydes is 1. The van der Waals surface area contributed by atoms with E-state index in [1.165, 1.54) is 0 Å². The van der Waals surface area contributed by atoms with Crippen molar-refractivity contribution < 1.29 is 19.1 Å². The molecule has 6 nitrogen and oxygen atoms in total. The average molecular weight is 332 g/mol. The summed E-state index contributed by atoms with van der Waals surface area (Å²) in [6.07, 6.45) is 5.97. The minimum absolute atomic E-state index is 0.0344. The fourth-order valence-corrected chi connectivity index (χ4v) is 2.83. The van der Waals surface area contributed by atoms with Crippen LogP contribution in [0.4, 0.5) is 4.79 Å². The van der Waals surface area contributed by atoms with E-state index in [0.717, 1.165) is 24.7 Å². The maximum atomic E-state index is 12.1. The lowest BCUT2D eigenvalue weighted by atomic mass is 10.1. The Morgan fingerprint density at radius 1 is 1.42 bits per heavy atom. The van der Waals surface area contributed by atoms with Crippen molar-refractivity contribution in [3.8, 4) is 5.75 Å². The third-order valence-electron chi connectivity index (χ3n) is 4.39. The number of hydrogen-bond acceptors (Lipinski definition) is 5. The van der Waals surface area contributed by atoms with Gasteiger partial charge >= 0.3 is 6.09 Å². The summed E-state index contributed by atoms with van der Waals surface area (Å²) in [5, 5.41) is 0. The third-order valence-corrected chi connectivity index (χ3v) is 4.39. The number of ether oxygens (including phenoxy) is 2. The molecule has 1 aromatic rings. The number of pyridine rings is 1. The highest BCUT2D eigenvalue weighted by atomic mass is 16.6. The molecule has 1 aromatic heterocycles. The molecule has 3 rings (SSSR count). The zero-order valence-corrected chi connectivity index (χ0v) is 14.4. The SMILES string of the molecule is CC(C)(C)OC(=O)N1CC[C@H]1COc1cncc([C@H]2C[C@@H]2C=O)c1. The van der Waals surface area contributed by atoms with Crippen LogP contribution >= 0.6 is 0 Å². The Balaban J connectivity index is 1.52. The molecule has 0 unspecified atom stereocenters. The summed E-state index contributed by atoms with van der Waals surface area (Å²) >= 11 is 0. The number of aromatic nitrogens is 1. The van der Waals surface area contributed by atoms with Gasteiger partial charge in [0.1, 0.15) is 24.2 Å². The first-order valence-electron chi connectivity index (χ1n) is 8.40. The molecule has 1 saturated heterocycles. The molecule has 0 aromatic carbocycles. The number of likely N-dealkylation sites (tertiary alicyclic amines) is 1. The van der Waals surface area contributed by atoms with E-state index in [2.05, 4.69) is 4.98 Å². The number of rotatable bonds is 5. The van der Waals surface area contributed by atoms with Crippen molar-refractivity contribution in [1.29, 1.82) is 0 Å². The lowest BCUT2D eigenvalue weighted by Crippen LogP contribution is -2.55. The molecule has 1 aliphatic heterocycles. The summed E-state index contributed by atoms with van der Waals surface area (Å²) in [6.45, 7) is 6.70. The first-order valence-corrected chi connectivity index (χ1v) is 8.40. The van der Waals surface area contributed by atoms with Crippen LogP contribution in [0.5, 0.6) is 5.75 Å². The fourth-order valence-electron chi connectivity index (χ4n) is 2.83. The van der Waals surface area contributed by atoms with Crippen molar-refractivity contribution in [3.63, 3.8) is 0 Å². The second-order valence-corrected chi connectivity index (χ2v) is 7.52. The molecule has 2 heterocycles. The first-order chi connectivity index (χ1) is 11.4. The third kappa shape index (κ3) is 3.86. The molecule has 3 atom stereocenters. The van der Waals surface area contributed by atoms with Crippen molar-refractivity contribution in [2.45, 2.75) is 51.2 Å². The van der Waals surface area contributed by atoms with Gasteiger partial charge in [0.2, 0.25) is 0 Å². The zero-order valence-electron chi connectivity index (χ0n) is 14.4. The topological polar surface area (TPSA) is 68.7 Å². The second-order valence-electron chi connectivity index (χ2n) is 7.52. The van der Waals surface area contributed by atoms with Crippen LogP contribution < -0.4 is 4.74 Å². The van der Waals surface area contributed by atoms with Gasteiger partial charge in [-0.05, 0) is 51.2 Å². The summed E-state index contributed by atoms with van der Waals surface area (Å²) < 4.78 is 11.2. The van der Waals surface area contributed by atoms with Crippen LogP contribution in [0.1, 0.15) is 45.1 Å². The first kappa shape index (κ1) is 16.7. The molecule has 1 saturated carbocycles. The summed E-state index contributed by atoms with van der Waals surface area (Å²) in [6, 6.07) is 1.98. The zero-order chi connectivity index (χ0) is 17.3. The van der Waals surface area contributed by atoms with E-state index < -0.39 is 5.60 Å². The van der Waals surface area contributed by atoms with Gasteiger partial charge in [-0.2, -0.15) is 0 Å². The minimum Gasteiger partial charge on any atom is -0.490 e. The van der Waals surface area contributed by atoms with Crippen LogP contribution in [0.15, 0.2) is 18.5 Å². The van der Waals surface area contributed by atoms with Crippen molar-refractivity contribution in [2.75, 3.05) is 13.2 Å². The van der Waals surface area contributed by atoms with Crippen molar-refractivity contribution in [2.24, 2.45) is 5.92 Å². The normalized spacial score (nSPS) is 25.6. The Kier molecular flexibility index (Phi) is 4.47. The molecule has 0 N–H and O–H groups in total. The van der Waals surface area contributed by atoms with E-state index in [1.807, 2.05) is 26.8 Å². The van der Waals surface area contributed by atoms with Gasteiger partial charge < -0.3 is 19.2 Å². The summed E-state index contributed by atoms with van der Waals surface area (Å²) in [4.78, 5) is 28.8. The predicted octanol–water partition coefficient (Wildman–Crippen LogP) is 2.77. The van der Waals surface area contributed by atoms with Gasteiger partial charge in [-0.25, -0.2) is 4.79 Å². The van der Waals surface area contributed by atoms with Crippen molar-refractivity contribution in [1.82, 2.24) is 9.88 Å². The van der Waals surface area contributed by atoms with E-state index in [1.54, 1.807) is 17.3 Å². The standard InChI is InChI=1S/C18H24N2O4/c1-18(2,3)24-17(22)20-5-4-14(20)11-23-15-6-12(8-19-9-15)16-7-13(16)10-21/h6,8-10,13-14,16H,4-5,7,11H2,1-3H3/t13-,14+,16-/m1/s1. The van der Waals surface area contributed by atoms with Gasteiger partial charge in [0, 0.05) is 18.7 Å². The molecule has 0 bridgehead atoms. The van der Waals surface area contributed by atoms with Gasteiger partial charge in [-0.15, -0.1) is 0 Å². The smallest absolute Gasteiger partial charge is 0.410 e. The van der Waals surface area contributed by atoms with Crippen LogP contribution in [-0.4, -0.2) is 47.1 Å². The monoisotopic (exact) mass is 332 g/mol. The molecular weight excluding hydrogens is 308 g/mol. The maximum Gasteiger partial charge on any atom is 0.410 e. The molecule has 130 valence electrons. The Morgan fingerprint density at radius 2 is 2.21 bits per heavy atom. The highest BCUT2D eigenvalue weighted by Crippen LogP contribution is 2.46. The summed E-state index contributed by atoms with van der Waals surface area (Å²) in [5.41, 5.74) is 0.553. The van der Waals surface area contributed by atoms with Crippen LogP contribution in [-0.2, 0) is 9.53 Å². The Hall–Kier alpha value is -2.11. The average Bonchev–Trinajstić information content (AvgIpc) is 3.24. The molecule has 0 spiro atoms. The maximum absolute atomic E-state index is 12.1. The second kappa shape index (κ2) is 6.42. The minimum atomic E-state index is -0.490. The van der Waals surface area contributed by atoms with Crippen LogP contribution in [0.25, 0.3) is 0 Å². The molecule has 24 heavy (non-hydrogen) atoms. The molecule has 6 heteroatoms. The molecule has 2 fully saturated rings. The molecule has 0 radical (unpaired) electrons. The highest BCUT2D eigenvalue weighted by Gasteiger charge is 2.39. The van der Waals surface area contributed by atoms with Crippen molar-refractivity contribution >= 4 is 12.4 Å². The number of carbonyl (C=O) groups excluding carboxylic acids is 2. The highest BCUT2D eigenvalue weighted by molar-refractivity contribution is 5.69. The van der Waals surface area contributed by atoms with Gasteiger partial charge in [-0.3, -0.25) is 4.98 Å². The van der Waals surface area contributed by atoms with E-state index in [0.29, 0.717) is 18.9 Å². The van der Waals surface area contributed by atoms with Crippen LogP contribution in [0.3, 0.4) is 0 Å². The molecular formula is C18H24N2O4. The Labute approximate surface area is 142 Å². The van der Waals surface area contributed by atoms with Gasteiger partial charge in [-0.1, -0.05) is 0 Å². The van der Waals surface area contributed by atoms with Gasteiger partial charge in [0.25, 0.3) is 0 Å². The van der Waals surface area contributed by atoms with Crippen LogP contribution in [0.2, 0.25) is 0 Å². The lowest BCUT2D eigenvalue weighted by Gasteiger charge is -2.40. The number of hydrogen-bond donors (Lipinski definition) is 0. The van der Waals surface area contributed by atoms with Gasteiger partial charge in [0.05, 0.1) is 12.2 Å². The molecule has 2 aliphatic rings. The van der Waals surface area contributed by atoms with E-state index >= 15 is 0 Å². The molecule has 1 amide bonds. The lowest BCUT2D eigenvalue weighted by molar-refractivity contribution is -0.108. The van der Waals surface area contributed by atoms with E-state index in [4.69, 9.17) is 9.47 Å². The van der Waals surface area contributed by atoms with Crippen LogP contribution in [0, 0.1) is 5.92 Å². The quantitative estimate of drug-likeness (QED) is 0.776. The number of carbonyl (C=O) groups is 2. The fraction of sp³-hybridized carbons (Fsp3) is 0.611. The number of nitrogens with zero attached hydrogens (tertiary/aromatic N) is 2. The molecule has 1 aliphatic carbocycles. The number of amides is 1. The largest absolute Gasteiger partial charge is 0.490 e. The van der Waals surface area contributed by atoms with E-state index in [-0.39, 0.29) is 24.0 Å². The Morgan fingerprint density at radius 3 is 2.79 bits per heavy atom. The Bertz CT molecular complexity index is 626. The predicted molar refractivity (Wildman–Crippen MR) is 88.0 cm³/mol. The van der Waals surface area contributed by atoms with Crippen molar-refractivity contribution in [3.05, 3.63) is 24.0 Å². The summed E-state index contributed by atoms with van der Waals surface area (Å²) in [5.74, 6) is 1.08. The summed E-state index contributed by atoms with van der Waals surface area (Å²) in [7, 11) is 0.